The van der Waals surface area contributed by atoms with E-state index in [0.29, 0.717) is 25.5 Å². The molecule has 0 radical (unpaired) electrons. The van der Waals surface area contributed by atoms with Crippen LogP contribution in [0.1, 0.15) is 59.6 Å². The predicted octanol–water partition coefficient (Wildman–Crippen LogP) is 3.23. The van der Waals surface area contributed by atoms with Crippen molar-refractivity contribution in [2.24, 2.45) is 33.7 Å². The number of carboxylic acid groups (broad SMARTS) is 1. The number of nitrogens with zero attached hydrogens (tertiary/aromatic N) is 4. The van der Waals surface area contributed by atoms with Gasteiger partial charge >= 0.3 is 30.4 Å². The average molecular weight is 1060 g/mol. The molecule has 406 valence electrons. The SMILES string of the molecule is CC(=NCc1ccccc1)NC(=O)NCCN1C(=O)C2C3C=CC(O3)C2C1=O.CC(C)(C)OC(=O)NC(=NCc1ccccc1)NC(=O)OC(C)(C)C.O=C(O)C(F)(F)F.[NH3+]CCN1C(=O)C2C3C=CC(O3)C2C1=O. The summed E-state index contributed by atoms with van der Waals surface area (Å²) in [6.45, 7) is 14.3. The summed E-state index contributed by atoms with van der Waals surface area (Å²) >= 11 is 0. The molecule has 2 aromatic rings. The number of alkyl carbamates (subject to hydrolysis) is 2. The zero-order valence-electron chi connectivity index (χ0n) is 42.4. The molecule has 0 aliphatic carbocycles. The summed E-state index contributed by atoms with van der Waals surface area (Å²) in [7, 11) is 0. The van der Waals surface area contributed by atoms with Crippen molar-refractivity contribution in [3.63, 3.8) is 0 Å². The normalized spacial score (nSPS) is 23.6. The van der Waals surface area contributed by atoms with E-state index in [-0.39, 0.29) is 85.5 Å². The minimum Gasteiger partial charge on any atom is -0.475 e. The molecule has 22 nitrogen and oxygen atoms in total. The molecular formula is C50H63F3N9O13+. The van der Waals surface area contributed by atoms with Gasteiger partial charge in [0.1, 0.15) is 17.0 Å². The van der Waals surface area contributed by atoms with Crippen LogP contribution in [0.15, 0.2) is 95.0 Å². The van der Waals surface area contributed by atoms with Gasteiger partial charge in [0.15, 0.2) is 0 Å². The molecule has 2 aromatic carbocycles. The number of carbonyl (C=O) groups is 8. The number of amides is 8. The number of amidine groups is 1. The molecule has 4 fully saturated rings. The lowest BCUT2D eigenvalue weighted by Crippen LogP contribution is -2.56. The maximum Gasteiger partial charge on any atom is 0.490 e. The van der Waals surface area contributed by atoms with Gasteiger partial charge in [0.2, 0.25) is 29.6 Å². The summed E-state index contributed by atoms with van der Waals surface area (Å²) < 4.78 is 53.2. The number of imide groups is 2. The van der Waals surface area contributed by atoms with E-state index in [4.69, 9.17) is 28.8 Å². The number of alkyl halides is 3. The number of benzene rings is 2. The topological polar surface area (TPSA) is 301 Å². The fourth-order valence-electron chi connectivity index (χ4n) is 8.32. The minimum absolute atomic E-state index is 0.0349. The van der Waals surface area contributed by atoms with Crippen molar-refractivity contribution in [1.82, 2.24) is 31.1 Å². The number of aliphatic carboxylic acids is 1. The van der Waals surface area contributed by atoms with Crippen LogP contribution in [0.5, 0.6) is 0 Å². The van der Waals surface area contributed by atoms with Crippen molar-refractivity contribution in [2.75, 3.05) is 26.2 Å². The third-order valence-corrected chi connectivity index (χ3v) is 11.4. The number of halogens is 3. The molecule has 8 unspecified atom stereocenters. The Bertz CT molecular complexity index is 2460. The van der Waals surface area contributed by atoms with E-state index < -0.39 is 53.4 Å². The van der Waals surface area contributed by atoms with Crippen LogP contribution in [0.3, 0.4) is 0 Å². The molecule has 0 aromatic heterocycles. The monoisotopic (exact) mass is 1050 g/mol. The van der Waals surface area contributed by atoms with Crippen molar-refractivity contribution in [3.05, 3.63) is 96.1 Å². The van der Waals surface area contributed by atoms with Gasteiger partial charge in [-0.1, -0.05) is 85.0 Å². The van der Waals surface area contributed by atoms with Crippen LogP contribution in [0, 0.1) is 23.7 Å². The molecule has 25 heteroatoms. The molecule has 6 aliphatic rings. The molecule has 8 amide bonds. The molecule has 6 heterocycles. The van der Waals surface area contributed by atoms with Gasteiger partial charge in [0.25, 0.3) is 0 Å². The smallest absolute Gasteiger partial charge is 0.475 e. The maximum absolute atomic E-state index is 12.5. The minimum atomic E-state index is -5.08. The molecular weight excluding hydrogens is 992 g/mol. The van der Waals surface area contributed by atoms with E-state index in [1.807, 2.05) is 85.0 Å². The Hall–Kier alpha value is -7.51. The summed E-state index contributed by atoms with van der Waals surface area (Å²) in [4.78, 5) is 105. The van der Waals surface area contributed by atoms with Crippen LogP contribution in [-0.4, -0.2) is 142 Å². The van der Waals surface area contributed by atoms with Crippen LogP contribution in [0.2, 0.25) is 0 Å². The average Bonchev–Trinajstić information content (AvgIpc) is 4.20. The first-order valence-electron chi connectivity index (χ1n) is 23.8. The van der Waals surface area contributed by atoms with E-state index in [2.05, 4.69) is 37.0 Å². The lowest BCUT2D eigenvalue weighted by atomic mass is 9.85. The van der Waals surface area contributed by atoms with Gasteiger partial charge in [-0.3, -0.25) is 49.9 Å². The second-order valence-corrected chi connectivity index (χ2v) is 19.5. The highest BCUT2D eigenvalue weighted by atomic mass is 19.4. The third-order valence-electron chi connectivity index (χ3n) is 11.4. The van der Waals surface area contributed by atoms with Crippen LogP contribution < -0.4 is 27.0 Å². The van der Waals surface area contributed by atoms with E-state index in [1.165, 1.54) is 9.80 Å². The number of ether oxygens (including phenoxy) is 4. The quantitative estimate of drug-likeness (QED) is 0.0911. The summed E-state index contributed by atoms with van der Waals surface area (Å²) in [6, 6.07) is 18.7. The second-order valence-electron chi connectivity index (χ2n) is 19.5. The molecule has 6 aliphatic heterocycles. The van der Waals surface area contributed by atoms with E-state index >= 15 is 0 Å². The van der Waals surface area contributed by atoms with Gasteiger partial charge in [-0.25, -0.2) is 24.2 Å². The molecule has 4 bridgehead atoms. The van der Waals surface area contributed by atoms with Crippen LogP contribution in [0.25, 0.3) is 0 Å². The van der Waals surface area contributed by atoms with Gasteiger partial charge in [0.05, 0.1) is 74.3 Å². The summed E-state index contributed by atoms with van der Waals surface area (Å²) in [6.07, 6.45) is 0.0406. The predicted molar refractivity (Wildman–Crippen MR) is 261 cm³/mol. The first-order chi connectivity index (χ1) is 35.2. The molecule has 4 saturated heterocycles. The Balaban J connectivity index is 0.000000202. The number of likely N-dealkylation sites (tertiary alicyclic amines) is 2. The first kappa shape index (κ1) is 58.4. The summed E-state index contributed by atoms with van der Waals surface area (Å²) in [5.74, 6) is -4.24. The highest BCUT2D eigenvalue weighted by molar-refractivity contribution is 6.07. The zero-order valence-corrected chi connectivity index (χ0v) is 42.4. The number of urea groups is 1. The fourth-order valence-corrected chi connectivity index (χ4v) is 8.32. The van der Waals surface area contributed by atoms with Gasteiger partial charge in [0, 0.05) is 13.1 Å². The molecule has 8 atom stereocenters. The van der Waals surface area contributed by atoms with Crippen molar-refractivity contribution in [2.45, 2.75) is 103 Å². The standard InChI is InChI=1S/C20H22N4O4.C18H27N3O4.C10H12N2O3.C2HF3O2/c1-12(22-11-13-5-3-2-4-6-13)23-20(27)21-9-10-24-18(25)16-14-7-8-15(28-14)17(16)19(24)26;1-17(2,3)24-15(22)20-14(21-16(23)25-18(4,5)6)19-12-13-10-8-7-9-11-13;11-3-4-12-9(13)7-5-1-2-6(15-5)8(7)10(12)14;3-2(4,5)1(6)7/h2-8,14-17H,9-11H2,1H3,(H2,21,22,23,27);7-11H,12H2,1-6H3,(H2,19,20,21,22,23);1-2,5-8H,3-4,11H2;(H,6,7)/p+1. The van der Waals surface area contributed by atoms with Gasteiger partial charge in [-0.2, -0.15) is 13.2 Å². The lowest BCUT2D eigenvalue weighted by Gasteiger charge is -2.22. The van der Waals surface area contributed by atoms with Crippen molar-refractivity contribution >= 4 is 59.6 Å². The highest BCUT2D eigenvalue weighted by Crippen LogP contribution is 2.46. The zero-order chi connectivity index (χ0) is 55.4. The number of nitrogens with one attached hydrogen (secondary N) is 4. The number of guanidine groups is 1. The second kappa shape index (κ2) is 25.1. The molecule has 8 N–H and O–H groups in total. The highest BCUT2D eigenvalue weighted by Gasteiger charge is 2.61. The number of rotatable bonds is 9. The van der Waals surface area contributed by atoms with Crippen LogP contribution in [0.4, 0.5) is 27.6 Å². The Morgan fingerprint density at radius 2 is 0.987 bits per heavy atom. The van der Waals surface area contributed by atoms with E-state index in [1.54, 1.807) is 48.5 Å². The van der Waals surface area contributed by atoms with Crippen molar-refractivity contribution < 1.29 is 81.3 Å². The van der Waals surface area contributed by atoms with Gasteiger partial charge < -0.3 is 35.1 Å². The number of fused-ring (bicyclic) bond motifs is 10. The largest absolute Gasteiger partial charge is 0.490 e. The van der Waals surface area contributed by atoms with Crippen molar-refractivity contribution in [3.8, 4) is 0 Å². The summed E-state index contributed by atoms with van der Waals surface area (Å²) in [5.41, 5.74) is 4.32. The fraction of sp³-hybridized carbons (Fsp3) is 0.480. The number of hydrogen-bond acceptors (Lipinski definition) is 14. The van der Waals surface area contributed by atoms with E-state index in [0.717, 1.165) is 11.1 Å². The summed E-state index contributed by atoms with van der Waals surface area (Å²) in [5, 5.41) is 17.3. The Labute approximate surface area is 430 Å². The van der Waals surface area contributed by atoms with Crippen molar-refractivity contribution in [1.29, 1.82) is 0 Å². The Morgan fingerprint density at radius 3 is 1.33 bits per heavy atom. The molecule has 8 rings (SSSR count). The molecule has 0 spiro atoms. The Kier molecular flexibility index (Phi) is 19.6. The van der Waals surface area contributed by atoms with Gasteiger partial charge in [-0.05, 0) is 59.6 Å². The maximum atomic E-state index is 12.5. The Morgan fingerprint density at radius 1 is 0.627 bits per heavy atom. The first-order valence-corrected chi connectivity index (χ1v) is 23.8. The van der Waals surface area contributed by atoms with Crippen LogP contribution in [-0.2, 0) is 56.0 Å². The number of carbonyl (C=O) groups excluding carboxylic acids is 7. The molecule has 0 saturated carbocycles. The molecule has 75 heavy (non-hydrogen) atoms. The van der Waals surface area contributed by atoms with Gasteiger partial charge in [-0.15, -0.1) is 0 Å². The number of carboxylic acids is 1. The van der Waals surface area contributed by atoms with Crippen LogP contribution >= 0.6 is 0 Å². The number of quaternary nitrogens is 1. The lowest BCUT2D eigenvalue weighted by molar-refractivity contribution is -0.367. The number of aliphatic imine (C=N–C) groups is 2. The third kappa shape index (κ3) is 16.5. The van der Waals surface area contributed by atoms with E-state index in [9.17, 15) is 46.7 Å². The number of hydrogen-bond donors (Lipinski definition) is 6.